The molecule has 0 aromatic heterocycles. The van der Waals surface area contributed by atoms with Crippen LogP contribution in [0.4, 0.5) is 10.1 Å². The largest absolute Gasteiger partial charge is 0.369 e. The first-order valence-electron chi connectivity index (χ1n) is 9.34. The zero-order valence-corrected chi connectivity index (χ0v) is 17.4. The van der Waals surface area contributed by atoms with E-state index in [0.29, 0.717) is 17.1 Å². The second kappa shape index (κ2) is 9.22. The lowest BCUT2D eigenvalue weighted by Crippen LogP contribution is -2.47. The number of nitrogens with zero attached hydrogens (tertiary/aromatic N) is 2. The zero-order valence-electron chi connectivity index (χ0n) is 15.9. The highest BCUT2D eigenvalue weighted by Gasteiger charge is 2.19. The van der Waals surface area contributed by atoms with E-state index in [1.807, 2.05) is 0 Å². The number of halogens is 2. The van der Waals surface area contributed by atoms with E-state index in [-0.39, 0.29) is 10.7 Å². The van der Waals surface area contributed by atoms with Gasteiger partial charge in [-0.25, -0.2) is 17.5 Å². The molecular formula is C20H25ClFN3O2S. The van der Waals surface area contributed by atoms with E-state index in [2.05, 4.69) is 14.5 Å². The lowest BCUT2D eigenvalue weighted by molar-refractivity contribution is 0.255. The van der Waals surface area contributed by atoms with Gasteiger partial charge in [0.2, 0.25) is 10.0 Å². The van der Waals surface area contributed by atoms with Crippen LogP contribution in [-0.4, -0.2) is 52.6 Å². The molecule has 0 saturated carbocycles. The van der Waals surface area contributed by atoms with Gasteiger partial charge in [-0.15, -0.1) is 0 Å². The highest BCUT2D eigenvalue weighted by Crippen LogP contribution is 2.20. The Hall–Kier alpha value is -1.67. The minimum absolute atomic E-state index is 0.224. The summed E-state index contributed by atoms with van der Waals surface area (Å²) in [5.41, 5.74) is 1.71. The van der Waals surface area contributed by atoms with Crippen molar-refractivity contribution in [3.8, 4) is 0 Å². The van der Waals surface area contributed by atoms with Crippen LogP contribution >= 0.6 is 11.6 Å². The zero-order chi connectivity index (χ0) is 20.1. The molecule has 2 aromatic rings. The van der Waals surface area contributed by atoms with Gasteiger partial charge in [-0.05, 0) is 61.9 Å². The van der Waals surface area contributed by atoms with Crippen molar-refractivity contribution in [3.63, 3.8) is 0 Å². The fraction of sp³-hybridized carbons (Fsp3) is 0.400. The first-order chi connectivity index (χ1) is 13.3. The SMILES string of the molecule is Cc1ccc(Cl)cc1S(=O)(=O)NCCCN1CCN(c2ccc(F)cc2)CC1. The number of aryl methyl sites for hydroxylation is 1. The summed E-state index contributed by atoms with van der Waals surface area (Å²) in [6, 6.07) is 11.4. The van der Waals surface area contributed by atoms with Gasteiger partial charge in [-0.3, -0.25) is 4.90 Å². The third-order valence-corrected chi connectivity index (χ3v) is 6.79. The summed E-state index contributed by atoms with van der Waals surface area (Å²) in [6.07, 6.45) is 0.732. The van der Waals surface area contributed by atoms with E-state index in [9.17, 15) is 12.8 Å². The Morgan fingerprint density at radius 1 is 1.07 bits per heavy atom. The van der Waals surface area contributed by atoms with Crippen LogP contribution in [0.25, 0.3) is 0 Å². The highest BCUT2D eigenvalue weighted by atomic mass is 35.5. The van der Waals surface area contributed by atoms with Crippen molar-refractivity contribution >= 4 is 27.3 Å². The Morgan fingerprint density at radius 2 is 1.75 bits per heavy atom. The molecule has 1 fully saturated rings. The maximum absolute atomic E-state index is 13.0. The smallest absolute Gasteiger partial charge is 0.240 e. The standard InChI is InChI=1S/C20H25ClFN3O2S/c1-16-3-4-17(21)15-20(16)28(26,27)23-9-2-10-24-11-13-25(14-12-24)19-7-5-18(22)6-8-19/h3-8,15,23H,2,9-14H2,1H3. The van der Waals surface area contributed by atoms with E-state index < -0.39 is 10.0 Å². The van der Waals surface area contributed by atoms with Crippen molar-refractivity contribution in [2.75, 3.05) is 44.2 Å². The van der Waals surface area contributed by atoms with Crippen molar-refractivity contribution < 1.29 is 12.8 Å². The number of anilines is 1. The van der Waals surface area contributed by atoms with Crippen molar-refractivity contribution in [1.29, 1.82) is 0 Å². The number of rotatable bonds is 7. The summed E-state index contributed by atoms with van der Waals surface area (Å²) < 4.78 is 40.6. The third-order valence-electron chi connectivity index (χ3n) is 4.95. The fourth-order valence-electron chi connectivity index (χ4n) is 3.33. The average Bonchev–Trinajstić information content (AvgIpc) is 2.68. The summed E-state index contributed by atoms with van der Waals surface area (Å²) in [6.45, 7) is 6.51. The summed E-state index contributed by atoms with van der Waals surface area (Å²) >= 11 is 5.93. The predicted molar refractivity (Wildman–Crippen MR) is 111 cm³/mol. The van der Waals surface area contributed by atoms with Gasteiger partial charge in [-0.2, -0.15) is 0 Å². The van der Waals surface area contributed by atoms with E-state index >= 15 is 0 Å². The van der Waals surface area contributed by atoms with Crippen molar-refractivity contribution in [2.24, 2.45) is 0 Å². The van der Waals surface area contributed by atoms with E-state index in [0.717, 1.165) is 44.8 Å². The fourth-order valence-corrected chi connectivity index (χ4v) is 4.91. The minimum atomic E-state index is -3.56. The number of hydrogen-bond donors (Lipinski definition) is 1. The van der Waals surface area contributed by atoms with Crippen LogP contribution in [0.1, 0.15) is 12.0 Å². The molecule has 1 N–H and O–H groups in total. The Bertz CT molecular complexity index is 898. The monoisotopic (exact) mass is 425 g/mol. The van der Waals surface area contributed by atoms with Gasteiger partial charge >= 0.3 is 0 Å². The molecule has 1 aliphatic rings. The van der Waals surface area contributed by atoms with Gasteiger partial charge in [-0.1, -0.05) is 17.7 Å². The molecule has 0 spiro atoms. The molecule has 0 amide bonds. The molecule has 1 aliphatic heterocycles. The molecule has 1 saturated heterocycles. The molecule has 8 heteroatoms. The molecule has 0 radical (unpaired) electrons. The second-order valence-electron chi connectivity index (χ2n) is 6.97. The Kier molecular flexibility index (Phi) is 6.93. The predicted octanol–water partition coefficient (Wildman–Crippen LogP) is 3.28. The van der Waals surface area contributed by atoms with Gasteiger partial charge < -0.3 is 4.90 Å². The Labute approximate surface area is 171 Å². The molecule has 5 nitrogen and oxygen atoms in total. The number of nitrogens with one attached hydrogen (secondary N) is 1. The van der Waals surface area contributed by atoms with Crippen molar-refractivity contribution in [1.82, 2.24) is 9.62 Å². The maximum Gasteiger partial charge on any atom is 0.240 e. The van der Waals surface area contributed by atoms with Crippen LogP contribution in [0, 0.1) is 12.7 Å². The summed E-state index contributed by atoms with van der Waals surface area (Å²) in [7, 11) is -3.56. The van der Waals surface area contributed by atoms with Crippen LogP contribution in [-0.2, 0) is 10.0 Å². The van der Waals surface area contributed by atoms with Gasteiger partial charge in [0.25, 0.3) is 0 Å². The second-order valence-corrected chi connectivity index (χ2v) is 9.14. The van der Waals surface area contributed by atoms with Gasteiger partial charge in [0.15, 0.2) is 0 Å². The quantitative estimate of drug-likeness (QED) is 0.692. The Balaban J connectivity index is 1.42. The van der Waals surface area contributed by atoms with Crippen LogP contribution in [0.2, 0.25) is 5.02 Å². The van der Waals surface area contributed by atoms with Crippen LogP contribution in [0.3, 0.4) is 0 Å². The molecule has 0 aliphatic carbocycles. The maximum atomic E-state index is 13.0. The molecule has 2 aromatic carbocycles. The molecule has 0 bridgehead atoms. The molecule has 0 atom stereocenters. The van der Waals surface area contributed by atoms with Crippen molar-refractivity contribution in [3.05, 3.63) is 58.9 Å². The minimum Gasteiger partial charge on any atom is -0.369 e. The summed E-state index contributed by atoms with van der Waals surface area (Å²) in [5.74, 6) is -0.224. The van der Waals surface area contributed by atoms with E-state index in [1.54, 1.807) is 31.2 Å². The van der Waals surface area contributed by atoms with Gasteiger partial charge in [0, 0.05) is 43.4 Å². The van der Waals surface area contributed by atoms with Crippen LogP contribution < -0.4 is 9.62 Å². The topological polar surface area (TPSA) is 52.7 Å². The molecule has 152 valence electrons. The summed E-state index contributed by atoms with van der Waals surface area (Å²) in [4.78, 5) is 4.78. The van der Waals surface area contributed by atoms with Crippen LogP contribution in [0.5, 0.6) is 0 Å². The average molecular weight is 426 g/mol. The lowest BCUT2D eigenvalue weighted by Gasteiger charge is -2.36. The van der Waals surface area contributed by atoms with Gasteiger partial charge in [0.1, 0.15) is 5.82 Å². The van der Waals surface area contributed by atoms with Crippen LogP contribution in [0.15, 0.2) is 47.4 Å². The number of sulfonamides is 1. The molecule has 1 heterocycles. The number of piperazine rings is 1. The van der Waals surface area contributed by atoms with Crippen molar-refractivity contribution in [2.45, 2.75) is 18.2 Å². The lowest BCUT2D eigenvalue weighted by atomic mass is 10.2. The van der Waals surface area contributed by atoms with Gasteiger partial charge in [0.05, 0.1) is 4.90 Å². The first kappa shape index (κ1) is 21.0. The first-order valence-corrected chi connectivity index (χ1v) is 11.2. The normalized spacial score (nSPS) is 15.8. The third kappa shape index (κ3) is 5.44. The highest BCUT2D eigenvalue weighted by molar-refractivity contribution is 7.89. The Morgan fingerprint density at radius 3 is 2.43 bits per heavy atom. The molecular weight excluding hydrogens is 401 g/mol. The molecule has 3 rings (SSSR count). The number of hydrogen-bond acceptors (Lipinski definition) is 4. The molecule has 0 unspecified atom stereocenters. The number of benzene rings is 2. The molecule has 28 heavy (non-hydrogen) atoms. The van der Waals surface area contributed by atoms with E-state index in [4.69, 9.17) is 11.6 Å². The van der Waals surface area contributed by atoms with E-state index in [1.165, 1.54) is 18.2 Å². The summed E-state index contributed by atoms with van der Waals surface area (Å²) in [5, 5.41) is 0.407.